The lowest BCUT2D eigenvalue weighted by molar-refractivity contribution is -0.831. The zero-order valence-electron chi connectivity index (χ0n) is 19.9. The van der Waals surface area contributed by atoms with Gasteiger partial charge in [-0.25, -0.2) is 4.99 Å². The molecule has 0 saturated heterocycles. The number of aliphatic imine (C=N–C) groups is 1. The number of carbonyl (C=O) groups excluding carboxylic acids is 1. The lowest BCUT2D eigenvalue weighted by atomic mass is 9.90. The van der Waals surface area contributed by atoms with Crippen LogP contribution in [0.5, 0.6) is 0 Å². The Morgan fingerprint density at radius 1 is 0.967 bits per heavy atom. The summed E-state index contributed by atoms with van der Waals surface area (Å²) in [5, 5.41) is 20.7. The Balaban J connectivity index is 2.69. The summed E-state index contributed by atoms with van der Waals surface area (Å²) in [6.07, 6.45) is 18.0. The first-order chi connectivity index (χ1) is 14.6. The number of quaternary nitrogens is 1. The van der Waals surface area contributed by atoms with Gasteiger partial charge in [0.05, 0.1) is 19.1 Å². The molecule has 5 nitrogen and oxygen atoms in total. The van der Waals surface area contributed by atoms with Crippen molar-refractivity contribution >= 4 is 11.8 Å². The molecule has 30 heavy (non-hydrogen) atoms. The number of carboxylic acid groups (broad SMARTS) is 1. The van der Waals surface area contributed by atoms with E-state index < -0.39 is 5.97 Å². The van der Waals surface area contributed by atoms with Crippen molar-refractivity contribution in [2.24, 2.45) is 10.9 Å². The molecule has 0 bridgehead atoms. The van der Waals surface area contributed by atoms with Gasteiger partial charge in [0, 0.05) is 13.0 Å². The second kappa shape index (κ2) is 16.7. The number of amidine groups is 1. The molecule has 0 spiro atoms. The van der Waals surface area contributed by atoms with Gasteiger partial charge in [-0.1, -0.05) is 78.1 Å². The van der Waals surface area contributed by atoms with Crippen molar-refractivity contribution in [2.75, 3.05) is 32.8 Å². The van der Waals surface area contributed by atoms with Crippen LogP contribution in [0.4, 0.5) is 0 Å². The Morgan fingerprint density at radius 2 is 1.57 bits per heavy atom. The summed E-state index contributed by atoms with van der Waals surface area (Å²) in [5.74, 6) is 0.717. The lowest BCUT2D eigenvalue weighted by Gasteiger charge is -2.36. The third kappa shape index (κ3) is 10.9. The molecule has 1 aliphatic rings. The average molecular weight is 425 g/mol. The van der Waals surface area contributed by atoms with Crippen molar-refractivity contribution in [3.63, 3.8) is 0 Å². The number of carbonyl (C=O) groups is 1. The van der Waals surface area contributed by atoms with Crippen LogP contribution in [-0.4, -0.2) is 54.2 Å². The summed E-state index contributed by atoms with van der Waals surface area (Å²) in [7, 11) is 0. The number of aliphatic carboxylic acids is 1. The molecule has 0 aliphatic carbocycles. The van der Waals surface area contributed by atoms with Gasteiger partial charge in [-0.2, -0.15) is 0 Å². The molecular formula is C25H48N2O3. The second-order valence-corrected chi connectivity index (χ2v) is 9.33. The van der Waals surface area contributed by atoms with Crippen LogP contribution in [0, 0.1) is 5.92 Å². The quantitative estimate of drug-likeness (QED) is 0.232. The number of rotatable bonds is 20. The first kappa shape index (κ1) is 27.1. The fourth-order valence-corrected chi connectivity index (χ4v) is 4.85. The van der Waals surface area contributed by atoms with Crippen LogP contribution in [0.15, 0.2) is 4.99 Å². The van der Waals surface area contributed by atoms with Crippen LogP contribution in [0.3, 0.4) is 0 Å². The maximum Gasteiger partial charge on any atom is 0.199 e. The van der Waals surface area contributed by atoms with Gasteiger partial charge in [0.15, 0.2) is 5.84 Å². The maximum absolute atomic E-state index is 11.5. The zero-order chi connectivity index (χ0) is 22.1. The molecule has 0 aromatic heterocycles. The highest BCUT2D eigenvalue weighted by molar-refractivity contribution is 5.79. The Hall–Kier alpha value is -0.940. The van der Waals surface area contributed by atoms with Crippen LogP contribution in [0.2, 0.25) is 0 Å². The summed E-state index contributed by atoms with van der Waals surface area (Å²) < 4.78 is 0.463. The topological polar surface area (TPSA) is 72.7 Å². The molecule has 176 valence electrons. The first-order valence-electron chi connectivity index (χ1n) is 12.8. The molecule has 1 rings (SSSR count). The summed E-state index contributed by atoms with van der Waals surface area (Å²) in [5.41, 5.74) is 0. The number of aliphatic hydroxyl groups is 1. The molecule has 1 N–H and O–H groups in total. The molecule has 0 amide bonds. The van der Waals surface area contributed by atoms with Crippen LogP contribution in [-0.2, 0) is 4.79 Å². The highest BCUT2D eigenvalue weighted by Crippen LogP contribution is 2.28. The van der Waals surface area contributed by atoms with Gasteiger partial charge < -0.3 is 15.0 Å². The van der Waals surface area contributed by atoms with Crippen molar-refractivity contribution in [3.8, 4) is 0 Å². The lowest BCUT2D eigenvalue weighted by Crippen LogP contribution is -2.57. The summed E-state index contributed by atoms with van der Waals surface area (Å²) in [4.78, 5) is 16.3. The molecule has 0 radical (unpaired) electrons. The standard InChI is InChI=1S/C25H48N2O3/c1-3-5-7-9-10-12-16-23(15-11-8-6-4-2)21-24-26-17-19-27(24,22-25(29)30)18-13-14-20-28/h23,28H,3-22H2,1-2H3. The van der Waals surface area contributed by atoms with Gasteiger partial charge in [-0.05, 0) is 31.6 Å². The summed E-state index contributed by atoms with van der Waals surface area (Å²) >= 11 is 0. The number of hydrogen-bond acceptors (Lipinski definition) is 4. The third-order valence-corrected chi connectivity index (χ3v) is 6.70. The Bertz CT molecular complexity index is 481. The van der Waals surface area contributed by atoms with Gasteiger partial charge in [0.25, 0.3) is 0 Å². The Kier molecular flexibility index (Phi) is 15.1. The monoisotopic (exact) mass is 424 g/mol. The largest absolute Gasteiger partial charge is 0.544 e. The highest BCUT2D eigenvalue weighted by atomic mass is 16.4. The van der Waals surface area contributed by atoms with E-state index in [0.29, 0.717) is 10.4 Å². The van der Waals surface area contributed by atoms with E-state index in [4.69, 9.17) is 10.1 Å². The molecule has 1 heterocycles. The maximum atomic E-state index is 11.5. The molecule has 2 unspecified atom stereocenters. The van der Waals surface area contributed by atoms with E-state index in [2.05, 4.69) is 13.8 Å². The van der Waals surface area contributed by atoms with Crippen molar-refractivity contribution in [1.82, 2.24) is 0 Å². The predicted molar refractivity (Wildman–Crippen MR) is 123 cm³/mol. The number of nitrogens with zero attached hydrogens (tertiary/aromatic N) is 2. The average Bonchev–Trinajstić information content (AvgIpc) is 3.09. The Labute approximate surface area is 185 Å². The predicted octanol–water partition coefficient (Wildman–Crippen LogP) is 4.47. The Morgan fingerprint density at radius 3 is 2.17 bits per heavy atom. The molecule has 0 saturated carbocycles. The van der Waals surface area contributed by atoms with Gasteiger partial charge in [-0.15, -0.1) is 0 Å². The van der Waals surface area contributed by atoms with E-state index in [1.165, 1.54) is 77.0 Å². The van der Waals surface area contributed by atoms with E-state index >= 15 is 0 Å². The van der Waals surface area contributed by atoms with E-state index in [0.717, 1.165) is 44.7 Å². The second-order valence-electron chi connectivity index (χ2n) is 9.33. The number of carboxylic acids is 1. The number of hydrogen-bond donors (Lipinski definition) is 1. The molecule has 0 aromatic rings. The minimum absolute atomic E-state index is 0.0316. The van der Waals surface area contributed by atoms with Gasteiger partial charge in [0.1, 0.15) is 13.1 Å². The van der Waals surface area contributed by atoms with Crippen molar-refractivity contribution in [3.05, 3.63) is 0 Å². The van der Waals surface area contributed by atoms with E-state index in [9.17, 15) is 9.90 Å². The molecule has 2 atom stereocenters. The number of unbranched alkanes of at least 4 members (excludes halogenated alkanes) is 9. The van der Waals surface area contributed by atoms with Crippen molar-refractivity contribution in [1.29, 1.82) is 0 Å². The van der Waals surface area contributed by atoms with Gasteiger partial charge >= 0.3 is 0 Å². The van der Waals surface area contributed by atoms with Crippen molar-refractivity contribution in [2.45, 2.75) is 110 Å². The summed E-state index contributed by atoms with van der Waals surface area (Å²) in [6, 6.07) is 0. The molecule has 5 heteroatoms. The third-order valence-electron chi connectivity index (χ3n) is 6.70. The molecular weight excluding hydrogens is 376 g/mol. The van der Waals surface area contributed by atoms with Crippen LogP contribution < -0.4 is 5.11 Å². The van der Waals surface area contributed by atoms with Crippen LogP contribution in [0.25, 0.3) is 0 Å². The van der Waals surface area contributed by atoms with E-state index in [1.807, 2.05) is 0 Å². The first-order valence-corrected chi connectivity index (χ1v) is 12.8. The number of aliphatic hydroxyl groups excluding tert-OH is 1. The fraction of sp³-hybridized carbons (Fsp3) is 0.920. The van der Waals surface area contributed by atoms with Gasteiger partial charge in [-0.3, -0.25) is 4.48 Å². The highest BCUT2D eigenvalue weighted by Gasteiger charge is 2.38. The van der Waals surface area contributed by atoms with Crippen LogP contribution in [0.1, 0.15) is 110 Å². The minimum atomic E-state index is -0.982. The minimum Gasteiger partial charge on any atom is -0.544 e. The SMILES string of the molecule is CCCCCCCCC(CCCCCC)CC1=NCC[N+]1(CCCCO)CC(=O)[O-]. The fourth-order valence-electron chi connectivity index (χ4n) is 4.85. The molecule has 0 fully saturated rings. The normalized spacial score (nSPS) is 19.8. The summed E-state index contributed by atoms with van der Waals surface area (Å²) in [6.45, 7) is 6.95. The smallest absolute Gasteiger partial charge is 0.199 e. The van der Waals surface area contributed by atoms with E-state index in [1.54, 1.807) is 0 Å². The van der Waals surface area contributed by atoms with Gasteiger partial charge in [0.2, 0.25) is 0 Å². The van der Waals surface area contributed by atoms with Crippen LogP contribution >= 0.6 is 0 Å². The molecule has 0 aromatic carbocycles. The van der Waals surface area contributed by atoms with Crippen molar-refractivity contribution < 1.29 is 19.5 Å². The molecule has 1 aliphatic heterocycles. The van der Waals surface area contributed by atoms with E-state index in [-0.39, 0.29) is 13.2 Å². The zero-order valence-corrected chi connectivity index (χ0v) is 19.9.